The Balaban J connectivity index is 2.06. The van der Waals surface area contributed by atoms with Gasteiger partial charge in [-0.15, -0.1) is 5.10 Å². The summed E-state index contributed by atoms with van der Waals surface area (Å²) in [6.07, 6.45) is -0.127. The maximum absolute atomic E-state index is 12.1. The Kier molecular flexibility index (Phi) is 3.14. The number of hydrogen-bond acceptors (Lipinski definition) is 6. The van der Waals surface area contributed by atoms with Gasteiger partial charge in [-0.1, -0.05) is 0 Å². The SMILES string of the molecule is Cc1occc1C(=O)Nc1nn(C(=O)O)c2cc(C(=O)O)oc12. The Hall–Kier alpha value is -3.56. The van der Waals surface area contributed by atoms with E-state index in [1.807, 2.05) is 0 Å². The fourth-order valence-corrected chi connectivity index (χ4v) is 2.04. The molecule has 0 aliphatic carbocycles. The van der Waals surface area contributed by atoms with Crippen LogP contribution in [0.5, 0.6) is 0 Å². The standard InChI is InChI=1S/C13H9N3O7/c1-5-6(2-3-22-5)11(17)14-10-9-7(16(15-10)13(20)21)4-8(23-9)12(18)19/h2-4H,1H3,(H,18,19)(H,20,21)(H,14,15,17). The molecule has 0 saturated heterocycles. The van der Waals surface area contributed by atoms with Gasteiger partial charge >= 0.3 is 12.1 Å². The highest BCUT2D eigenvalue weighted by molar-refractivity contribution is 6.08. The molecule has 0 aliphatic rings. The van der Waals surface area contributed by atoms with E-state index in [4.69, 9.17) is 19.0 Å². The minimum atomic E-state index is -1.45. The first-order valence-corrected chi connectivity index (χ1v) is 6.23. The number of amides is 1. The molecule has 10 heteroatoms. The molecule has 0 radical (unpaired) electrons. The van der Waals surface area contributed by atoms with E-state index in [1.165, 1.54) is 12.3 Å². The van der Waals surface area contributed by atoms with E-state index in [0.29, 0.717) is 10.4 Å². The quantitative estimate of drug-likeness (QED) is 0.663. The molecule has 3 rings (SSSR count). The summed E-state index contributed by atoms with van der Waals surface area (Å²) >= 11 is 0. The van der Waals surface area contributed by atoms with Gasteiger partial charge in [0.25, 0.3) is 5.91 Å². The average molecular weight is 319 g/mol. The molecular formula is C13H9N3O7. The van der Waals surface area contributed by atoms with Gasteiger partial charge in [-0.3, -0.25) is 4.79 Å². The topological polar surface area (TPSA) is 148 Å². The number of carboxylic acids is 1. The molecule has 3 aromatic rings. The number of aryl methyl sites for hydroxylation is 1. The molecular weight excluding hydrogens is 310 g/mol. The third kappa shape index (κ3) is 2.31. The van der Waals surface area contributed by atoms with E-state index in [-0.39, 0.29) is 22.5 Å². The number of anilines is 1. The molecule has 0 fully saturated rings. The molecule has 118 valence electrons. The van der Waals surface area contributed by atoms with Crippen molar-refractivity contribution in [3.63, 3.8) is 0 Å². The molecule has 1 amide bonds. The normalized spacial score (nSPS) is 10.8. The van der Waals surface area contributed by atoms with Gasteiger partial charge in [0.1, 0.15) is 11.3 Å². The third-order valence-corrected chi connectivity index (χ3v) is 3.08. The molecule has 10 nitrogen and oxygen atoms in total. The van der Waals surface area contributed by atoms with Crippen molar-refractivity contribution >= 4 is 34.9 Å². The lowest BCUT2D eigenvalue weighted by Crippen LogP contribution is -2.14. The first-order chi connectivity index (χ1) is 10.9. The fourth-order valence-electron chi connectivity index (χ4n) is 2.04. The monoisotopic (exact) mass is 319 g/mol. The Labute approximate surface area is 126 Å². The second-order valence-corrected chi connectivity index (χ2v) is 4.52. The molecule has 3 N–H and O–H groups in total. The Morgan fingerprint density at radius 3 is 2.61 bits per heavy atom. The zero-order valence-corrected chi connectivity index (χ0v) is 11.6. The van der Waals surface area contributed by atoms with Crippen LogP contribution in [0, 0.1) is 6.92 Å². The summed E-state index contributed by atoms with van der Waals surface area (Å²) in [6.45, 7) is 1.58. The van der Waals surface area contributed by atoms with Crippen molar-refractivity contribution in [3.05, 3.63) is 35.5 Å². The number of aromatic carboxylic acids is 1. The highest BCUT2D eigenvalue weighted by atomic mass is 16.4. The fraction of sp³-hybridized carbons (Fsp3) is 0.0769. The van der Waals surface area contributed by atoms with E-state index in [1.54, 1.807) is 6.92 Å². The first kappa shape index (κ1) is 14.4. The lowest BCUT2D eigenvalue weighted by atomic mass is 10.2. The number of carbonyl (C=O) groups excluding carboxylic acids is 1. The second kappa shape index (κ2) is 5.02. The van der Waals surface area contributed by atoms with Gasteiger partial charge in [0.15, 0.2) is 11.4 Å². The van der Waals surface area contributed by atoms with Crippen molar-refractivity contribution in [1.29, 1.82) is 0 Å². The number of aromatic nitrogens is 2. The first-order valence-electron chi connectivity index (χ1n) is 6.23. The lowest BCUT2D eigenvalue weighted by Gasteiger charge is -2.00. The Bertz CT molecular complexity index is 946. The van der Waals surface area contributed by atoms with E-state index in [2.05, 4.69) is 10.4 Å². The smallest absolute Gasteiger partial charge is 0.432 e. The van der Waals surface area contributed by atoms with Crippen molar-refractivity contribution < 1.29 is 33.4 Å². The van der Waals surface area contributed by atoms with Crippen LogP contribution >= 0.6 is 0 Å². The zero-order valence-electron chi connectivity index (χ0n) is 11.6. The maximum Gasteiger partial charge on any atom is 0.432 e. The second-order valence-electron chi connectivity index (χ2n) is 4.52. The van der Waals surface area contributed by atoms with Crippen LogP contribution in [0.2, 0.25) is 0 Å². The van der Waals surface area contributed by atoms with Crippen LogP contribution in [0.3, 0.4) is 0 Å². The minimum Gasteiger partial charge on any atom is -0.475 e. The van der Waals surface area contributed by atoms with Gasteiger partial charge in [0.05, 0.1) is 11.8 Å². The van der Waals surface area contributed by atoms with Gasteiger partial charge in [-0.05, 0) is 13.0 Å². The van der Waals surface area contributed by atoms with Crippen molar-refractivity contribution in [1.82, 2.24) is 9.78 Å². The molecule has 23 heavy (non-hydrogen) atoms. The molecule has 0 spiro atoms. The van der Waals surface area contributed by atoms with E-state index < -0.39 is 23.7 Å². The summed E-state index contributed by atoms with van der Waals surface area (Å²) in [7, 11) is 0. The minimum absolute atomic E-state index is 0.0888. The van der Waals surface area contributed by atoms with Crippen LogP contribution in [-0.4, -0.2) is 38.0 Å². The molecule has 3 heterocycles. The molecule has 0 saturated carbocycles. The number of nitrogens with one attached hydrogen (secondary N) is 1. The molecule has 0 aromatic carbocycles. The Morgan fingerprint density at radius 1 is 1.30 bits per heavy atom. The van der Waals surface area contributed by atoms with Crippen LogP contribution < -0.4 is 5.32 Å². The van der Waals surface area contributed by atoms with Gasteiger partial charge in [-0.25, -0.2) is 9.59 Å². The third-order valence-electron chi connectivity index (χ3n) is 3.08. The molecule has 0 atom stereocenters. The highest BCUT2D eigenvalue weighted by Gasteiger charge is 2.24. The van der Waals surface area contributed by atoms with E-state index in [9.17, 15) is 14.4 Å². The summed E-state index contributed by atoms with van der Waals surface area (Å²) in [5, 5.41) is 24.1. The van der Waals surface area contributed by atoms with Crippen molar-refractivity contribution in [2.75, 3.05) is 5.32 Å². The van der Waals surface area contributed by atoms with Crippen LogP contribution in [0.1, 0.15) is 26.7 Å². The van der Waals surface area contributed by atoms with Gasteiger partial charge in [0.2, 0.25) is 5.76 Å². The summed E-state index contributed by atoms with van der Waals surface area (Å²) in [6, 6.07) is 2.44. The molecule has 0 unspecified atom stereocenters. The number of nitrogens with zero attached hydrogens (tertiary/aromatic N) is 2. The number of furan rings is 2. The average Bonchev–Trinajstić information content (AvgIpc) is 3.14. The predicted octanol–water partition coefficient (Wildman–Crippen LogP) is 2.01. The predicted molar refractivity (Wildman–Crippen MR) is 73.8 cm³/mol. The summed E-state index contributed by atoms with van der Waals surface area (Å²) in [4.78, 5) is 34.2. The van der Waals surface area contributed by atoms with Gasteiger partial charge in [-0.2, -0.15) is 4.68 Å². The van der Waals surface area contributed by atoms with Crippen molar-refractivity contribution in [2.45, 2.75) is 6.92 Å². The van der Waals surface area contributed by atoms with Crippen LogP contribution in [0.25, 0.3) is 11.1 Å². The summed E-state index contributed by atoms with van der Waals surface area (Å²) in [5.41, 5.74) is -0.0125. The van der Waals surface area contributed by atoms with Crippen molar-refractivity contribution in [3.8, 4) is 0 Å². The van der Waals surface area contributed by atoms with Crippen LogP contribution in [0.4, 0.5) is 10.6 Å². The Morgan fingerprint density at radius 2 is 2.04 bits per heavy atom. The highest BCUT2D eigenvalue weighted by Crippen LogP contribution is 2.27. The van der Waals surface area contributed by atoms with Gasteiger partial charge in [0, 0.05) is 6.07 Å². The number of rotatable bonds is 3. The van der Waals surface area contributed by atoms with Crippen LogP contribution in [-0.2, 0) is 0 Å². The zero-order chi connectivity index (χ0) is 16.7. The summed E-state index contributed by atoms with van der Waals surface area (Å²) < 4.78 is 10.6. The van der Waals surface area contributed by atoms with Crippen LogP contribution in [0.15, 0.2) is 27.2 Å². The van der Waals surface area contributed by atoms with E-state index in [0.717, 1.165) is 6.07 Å². The lowest BCUT2D eigenvalue weighted by molar-refractivity contribution is 0.0665. The summed E-state index contributed by atoms with van der Waals surface area (Å²) in [5.74, 6) is -2.28. The number of carbonyl (C=O) groups is 3. The molecule has 0 bridgehead atoms. The van der Waals surface area contributed by atoms with Gasteiger partial charge < -0.3 is 24.4 Å². The maximum atomic E-state index is 12.1. The molecule has 0 aliphatic heterocycles. The number of hydrogen-bond donors (Lipinski definition) is 3. The van der Waals surface area contributed by atoms with Crippen molar-refractivity contribution in [2.24, 2.45) is 0 Å². The molecule has 3 aromatic heterocycles. The number of carboxylic acid groups (broad SMARTS) is 2. The number of fused-ring (bicyclic) bond motifs is 1. The van der Waals surface area contributed by atoms with E-state index >= 15 is 0 Å². The largest absolute Gasteiger partial charge is 0.475 e.